The molecule has 0 aromatic heterocycles. The van der Waals surface area contributed by atoms with Crippen LogP contribution in [0.3, 0.4) is 0 Å². The number of nitrogens with two attached hydrogens (primary N) is 1. The van der Waals surface area contributed by atoms with E-state index in [4.69, 9.17) is 5.73 Å². The van der Waals surface area contributed by atoms with Gasteiger partial charge in [-0.3, -0.25) is 4.79 Å². The van der Waals surface area contributed by atoms with E-state index in [0.717, 1.165) is 17.5 Å². The van der Waals surface area contributed by atoms with Gasteiger partial charge < -0.3 is 16.4 Å². The summed E-state index contributed by atoms with van der Waals surface area (Å²) >= 11 is 0. The van der Waals surface area contributed by atoms with E-state index in [0.29, 0.717) is 24.3 Å². The Morgan fingerprint density at radius 1 is 1.37 bits per heavy atom. The second kappa shape index (κ2) is 5.06. The lowest BCUT2D eigenvalue weighted by Crippen LogP contribution is -2.27. The van der Waals surface area contributed by atoms with Crippen LogP contribution in [-0.4, -0.2) is 33.7 Å². The number of rotatable bonds is 5. The third-order valence-corrected chi connectivity index (χ3v) is 3.43. The van der Waals surface area contributed by atoms with Crippen molar-refractivity contribution in [1.29, 1.82) is 0 Å². The first-order valence-corrected chi connectivity index (χ1v) is 7.65. The van der Waals surface area contributed by atoms with Gasteiger partial charge in [-0.25, -0.2) is 13.1 Å². The van der Waals surface area contributed by atoms with E-state index >= 15 is 0 Å². The predicted octanol–water partition coefficient (Wildman–Crippen LogP) is -0.276. The maximum absolute atomic E-state index is 11.2. The summed E-state index contributed by atoms with van der Waals surface area (Å²) in [5.74, 6) is -0.0507. The van der Waals surface area contributed by atoms with Crippen molar-refractivity contribution in [1.82, 2.24) is 4.72 Å². The van der Waals surface area contributed by atoms with Gasteiger partial charge in [-0.15, -0.1) is 0 Å². The van der Waals surface area contributed by atoms with Crippen molar-refractivity contribution in [3.63, 3.8) is 0 Å². The maximum Gasteiger partial charge on any atom is 0.228 e. The molecule has 1 heterocycles. The number of fused-ring (bicyclic) bond motifs is 1. The first-order valence-electron chi connectivity index (χ1n) is 5.76. The molecule has 7 nitrogen and oxygen atoms in total. The molecular formula is C11H16N4O3S. The standard InChI is InChI=1S/C11H16N4O3S/c1-19(17,18)14-3-2-13-10-6-9-7(4-8(10)12)5-11(16)15-9/h4,6,13-14H,2-3,5,12H2,1H3,(H,15,16). The van der Waals surface area contributed by atoms with E-state index in [2.05, 4.69) is 15.4 Å². The fourth-order valence-corrected chi connectivity index (χ4v) is 2.35. The van der Waals surface area contributed by atoms with Crippen LogP contribution in [0.1, 0.15) is 5.56 Å². The summed E-state index contributed by atoms with van der Waals surface area (Å²) in [4.78, 5) is 11.2. The van der Waals surface area contributed by atoms with Gasteiger partial charge in [0.2, 0.25) is 15.9 Å². The molecule has 19 heavy (non-hydrogen) atoms. The third kappa shape index (κ3) is 3.58. The summed E-state index contributed by atoms with van der Waals surface area (Å²) < 4.78 is 24.1. The lowest BCUT2D eigenvalue weighted by molar-refractivity contribution is -0.115. The van der Waals surface area contributed by atoms with Crippen LogP contribution in [0.4, 0.5) is 17.1 Å². The Balaban J connectivity index is 1.98. The Morgan fingerprint density at radius 3 is 2.79 bits per heavy atom. The van der Waals surface area contributed by atoms with Crippen LogP contribution in [-0.2, 0) is 21.2 Å². The van der Waals surface area contributed by atoms with Crippen LogP contribution in [0.25, 0.3) is 0 Å². The van der Waals surface area contributed by atoms with Gasteiger partial charge in [0.1, 0.15) is 0 Å². The molecule has 0 bridgehead atoms. The summed E-state index contributed by atoms with van der Waals surface area (Å²) in [7, 11) is -3.18. The molecule has 0 aliphatic carbocycles. The van der Waals surface area contributed by atoms with Crippen LogP contribution in [0, 0.1) is 0 Å². The summed E-state index contributed by atoms with van der Waals surface area (Å²) in [6.45, 7) is 0.672. The molecule has 1 aliphatic heterocycles. The predicted molar refractivity (Wildman–Crippen MR) is 74.5 cm³/mol. The van der Waals surface area contributed by atoms with Crippen LogP contribution in [0.2, 0.25) is 0 Å². The van der Waals surface area contributed by atoms with Crippen molar-refractivity contribution in [2.45, 2.75) is 6.42 Å². The number of hydrogen-bond donors (Lipinski definition) is 4. The molecule has 5 N–H and O–H groups in total. The smallest absolute Gasteiger partial charge is 0.228 e. The third-order valence-electron chi connectivity index (χ3n) is 2.71. The maximum atomic E-state index is 11.2. The summed E-state index contributed by atoms with van der Waals surface area (Å²) in [6.07, 6.45) is 1.45. The van der Waals surface area contributed by atoms with E-state index in [1.165, 1.54) is 0 Å². The highest BCUT2D eigenvalue weighted by Gasteiger charge is 2.19. The molecule has 0 unspecified atom stereocenters. The van der Waals surface area contributed by atoms with Crippen LogP contribution >= 0.6 is 0 Å². The van der Waals surface area contributed by atoms with E-state index in [9.17, 15) is 13.2 Å². The molecule has 0 spiro atoms. The van der Waals surface area contributed by atoms with E-state index in [1.807, 2.05) is 0 Å². The van der Waals surface area contributed by atoms with Crippen molar-refractivity contribution < 1.29 is 13.2 Å². The van der Waals surface area contributed by atoms with Gasteiger partial charge in [-0.05, 0) is 17.7 Å². The number of hydrogen-bond acceptors (Lipinski definition) is 5. The fourth-order valence-electron chi connectivity index (χ4n) is 1.88. The fraction of sp³-hybridized carbons (Fsp3) is 0.364. The summed E-state index contributed by atoms with van der Waals surface area (Å²) in [6, 6.07) is 3.51. The Kier molecular flexibility index (Phi) is 3.63. The molecule has 1 aliphatic rings. The molecule has 1 amide bonds. The van der Waals surface area contributed by atoms with Gasteiger partial charge in [0, 0.05) is 18.8 Å². The Morgan fingerprint density at radius 2 is 2.11 bits per heavy atom. The van der Waals surface area contributed by atoms with Gasteiger partial charge in [0.25, 0.3) is 0 Å². The largest absolute Gasteiger partial charge is 0.397 e. The number of sulfonamides is 1. The van der Waals surface area contributed by atoms with Crippen LogP contribution < -0.4 is 21.1 Å². The molecule has 2 rings (SSSR count). The van der Waals surface area contributed by atoms with Crippen molar-refractivity contribution >= 4 is 33.0 Å². The highest BCUT2D eigenvalue weighted by atomic mass is 32.2. The van der Waals surface area contributed by atoms with E-state index in [1.54, 1.807) is 12.1 Å². The molecule has 0 saturated heterocycles. The lowest BCUT2D eigenvalue weighted by Gasteiger charge is -2.11. The van der Waals surface area contributed by atoms with Crippen LogP contribution in [0.15, 0.2) is 12.1 Å². The van der Waals surface area contributed by atoms with Gasteiger partial charge in [-0.2, -0.15) is 0 Å². The summed E-state index contributed by atoms with van der Waals surface area (Å²) in [5, 5.41) is 5.76. The van der Waals surface area contributed by atoms with Gasteiger partial charge >= 0.3 is 0 Å². The second-order valence-corrected chi connectivity index (χ2v) is 6.25. The van der Waals surface area contributed by atoms with Crippen molar-refractivity contribution in [3.05, 3.63) is 17.7 Å². The zero-order valence-corrected chi connectivity index (χ0v) is 11.3. The first kappa shape index (κ1) is 13.6. The lowest BCUT2D eigenvalue weighted by atomic mass is 10.1. The number of carbonyl (C=O) groups excluding carboxylic acids is 1. The van der Waals surface area contributed by atoms with Gasteiger partial charge in [-0.1, -0.05) is 0 Å². The second-order valence-electron chi connectivity index (χ2n) is 4.41. The number of nitrogens with one attached hydrogen (secondary N) is 3. The van der Waals surface area contributed by atoms with Gasteiger partial charge in [0.05, 0.1) is 24.1 Å². The normalized spacial score (nSPS) is 14.1. The molecular weight excluding hydrogens is 268 g/mol. The molecule has 0 saturated carbocycles. The molecule has 8 heteroatoms. The Labute approximate surface area is 111 Å². The SMILES string of the molecule is CS(=O)(=O)NCCNc1cc2c(cc1N)CC(=O)N2. The minimum atomic E-state index is -3.18. The minimum absolute atomic E-state index is 0.0507. The number of amides is 1. The summed E-state index contributed by atoms with van der Waals surface area (Å²) in [5.41, 5.74) is 8.71. The average molecular weight is 284 g/mol. The van der Waals surface area contributed by atoms with E-state index in [-0.39, 0.29) is 12.5 Å². The highest BCUT2D eigenvalue weighted by Crippen LogP contribution is 2.31. The molecule has 0 radical (unpaired) electrons. The van der Waals surface area contributed by atoms with Crippen LogP contribution in [0.5, 0.6) is 0 Å². The first-order chi connectivity index (χ1) is 8.85. The molecule has 1 aromatic rings. The molecule has 0 atom stereocenters. The quantitative estimate of drug-likeness (QED) is 0.439. The van der Waals surface area contributed by atoms with Crippen molar-refractivity contribution in [3.8, 4) is 0 Å². The molecule has 0 fully saturated rings. The number of anilines is 3. The number of nitrogen functional groups attached to an aromatic ring is 1. The zero-order chi connectivity index (χ0) is 14.0. The molecule has 1 aromatic carbocycles. The Hall–Kier alpha value is -1.80. The van der Waals surface area contributed by atoms with Gasteiger partial charge in [0.15, 0.2) is 0 Å². The monoisotopic (exact) mass is 284 g/mol. The average Bonchev–Trinajstić information content (AvgIpc) is 2.62. The van der Waals surface area contributed by atoms with E-state index < -0.39 is 10.0 Å². The van der Waals surface area contributed by atoms with Crippen molar-refractivity contribution in [2.75, 3.05) is 35.7 Å². The zero-order valence-electron chi connectivity index (χ0n) is 10.5. The molecule has 104 valence electrons. The minimum Gasteiger partial charge on any atom is -0.397 e. The van der Waals surface area contributed by atoms with Crippen molar-refractivity contribution in [2.24, 2.45) is 0 Å². The number of benzene rings is 1. The number of carbonyl (C=O) groups is 1. The Bertz CT molecular complexity index is 613. The topological polar surface area (TPSA) is 113 Å². The highest BCUT2D eigenvalue weighted by molar-refractivity contribution is 7.88.